The van der Waals surface area contributed by atoms with Crippen molar-refractivity contribution in [2.24, 2.45) is 23.7 Å². The van der Waals surface area contributed by atoms with Crippen molar-refractivity contribution in [1.82, 2.24) is 60.0 Å². The highest BCUT2D eigenvalue weighted by Crippen LogP contribution is 2.36. The molecule has 102 heavy (non-hydrogen) atoms. The van der Waals surface area contributed by atoms with Crippen molar-refractivity contribution in [2.45, 2.75) is 224 Å². The highest BCUT2D eigenvalue weighted by Gasteiger charge is 2.46. The predicted octanol–water partition coefficient (Wildman–Crippen LogP) is 5.14. The molecule has 1 aromatic rings. The van der Waals surface area contributed by atoms with Gasteiger partial charge in [0, 0.05) is 95.0 Å². The van der Waals surface area contributed by atoms with E-state index in [9.17, 15) is 61.1 Å². The second-order valence-corrected chi connectivity index (χ2v) is 29.3. The van der Waals surface area contributed by atoms with Gasteiger partial charge in [0.15, 0.2) is 0 Å². The van der Waals surface area contributed by atoms with Gasteiger partial charge in [-0.15, -0.1) is 0 Å². The Kier molecular flexibility index (Phi) is 31.3. The molecular weight excluding hydrogens is 1340 g/mol. The van der Waals surface area contributed by atoms with E-state index >= 15 is 18.4 Å². The van der Waals surface area contributed by atoms with Gasteiger partial charge >= 0.3 is 6.18 Å². The Morgan fingerprint density at radius 3 is 1.82 bits per heavy atom. The van der Waals surface area contributed by atoms with Crippen LogP contribution >= 0.6 is 0 Å². The van der Waals surface area contributed by atoms with Crippen LogP contribution in [0.15, 0.2) is 12.1 Å². The van der Waals surface area contributed by atoms with Gasteiger partial charge in [-0.05, 0) is 112 Å². The molecule has 0 spiro atoms. The number of nitrogens with zero attached hydrogens (tertiary/aromatic N) is 9. The van der Waals surface area contributed by atoms with Crippen molar-refractivity contribution in [1.29, 1.82) is 0 Å². The lowest BCUT2D eigenvalue weighted by Crippen LogP contribution is -2.59. The molecule has 0 aromatic heterocycles. The summed E-state index contributed by atoms with van der Waals surface area (Å²) < 4.78 is 77.0. The smallest absolute Gasteiger partial charge is 0.377 e. The van der Waals surface area contributed by atoms with Crippen molar-refractivity contribution in [3.63, 3.8) is 0 Å². The van der Waals surface area contributed by atoms with E-state index in [0.717, 1.165) is 59.6 Å². The third-order valence-corrected chi connectivity index (χ3v) is 21.3. The highest BCUT2D eigenvalue weighted by atomic mass is 19.4. The molecule has 2 saturated carbocycles. The maximum Gasteiger partial charge on any atom is 0.422 e. The van der Waals surface area contributed by atoms with Crippen LogP contribution in [0.5, 0.6) is 0 Å². The number of carbonyl (C=O) groups excluding carboxylic acids is 12. The number of likely N-dealkylation sites (N-methyl/N-ethyl adjacent to an activating group) is 7. The van der Waals surface area contributed by atoms with E-state index in [1.807, 2.05) is 20.8 Å². The number of aryl methyl sites for hydroxylation is 1. The summed E-state index contributed by atoms with van der Waals surface area (Å²) in [6.07, 6.45) is 1.81. The van der Waals surface area contributed by atoms with Crippen LogP contribution in [0, 0.1) is 35.3 Å². The summed E-state index contributed by atoms with van der Waals surface area (Å²) in [5.41, 5.74) is -2.42. The van der Waals surface area contributed by atoms with Gasteiger partial charge in [0.05, 0.1) is 32.2 Å². The summed E-state index contributed by atoms with van der Waals surface area (Å²) >= 11 is 0. The van der Waals surface area contributed by atoms with Crippen LogP contribution in [0.1, 0.15) is 174 Å². The number of ether oxygens (including phenoxy) is 1. The average Bonchev–Trinajstić information content (AvgIpc) is 1.21. The minimum absolute atomic E-state index is 0.000668. The molecule has 3 aliphatic heterocycles. The highest BCUT2D eigenvalue weighted by molar-refractivity contribution is 5.98. The molecule has 572 valence electrons. The molecular formula is C72H111F5N12O13. The van der Waals surface area contributed by atoms with Crippen LogP contribution in [0.25, 0.3) is 0 Å². The Bertz CT molecular complexity index is 3100. The number of likely N-dealkylation sites (tertiary alicyclic amines) is 1. The Morgan fingerprint density at radius 2 is 1.23 bits per heavy atom. The number of fused-ring (bicyclic) bond motifs is 1. The van der Waals surface area contributed by atoms with E-state index in [0.29, 0.717) is 57.3 Å². The molecule has 5 fully saturated rings. The fourth-order valence-electron chi connectivity index (χ4n) is 14.8. The number of rotatable bonds is 13. The van der Waals surface area contributed by atoms with E-state index in [-0.39, 0.29) is 81.5 Å². The average molecular weight is 1450 g/mol. The standard InChI is InChI=1S/C72H111F5N12O13/c1-13-45(5)63-70(100)83(8)42-60(93)81(6)43-61(94)85(10)55(37-46-24-16-15-17-25-46)68(98)82(7)41-57(90)79-52(30-29-47-35-50(73)62(51(74)36-47)72(75,76)77)67(97)89-40-49(102-14-2)38-54(89)65(95)78-31-21-20-28-58(91)87(12)64(48-26-18-19-27-48)71(101)86(11)56(69(99)88-32-22-23-33-88)39-59(92)84(9)53(34-44(3)4)66(96)80-63/h35-36,44-46,48-49,52-56,63-64H,13-34,37-43H2,1-12H3,(H,78,95)(H,79,90)(H,80,96)/t45-,49+,52-,53-,54-,55-,56-,63-,64-/m0/s1. The molecule has 0 bridgehead atoms. The molecule has 30 heteroatoms. The number of benzene rings is 1. The van der Waals surface area contributed by atoms with Gasteiger partial charge < -0.3 is 64.8 Å². The van der Waals surface area contributed by atoms with Gasteiger partial charge in [-0.1, -0.05) is 79.1 Å². The zero-order valence-corrected chi connectivity index (χ0v) is 61.8. The number of hydrogen-bond donors (Lipinski definition) is 3. The van der Waals surface area contributed by atoms with Crippen molar-refractivity contribution >= 4 is 70.9 Å². The largest absolute Gasteiger partial charge is 0.422 e. The number of hydrogen-bond acceptors (Lipinski definition) is 13. The second kappa shape index (κ2) is 38.3. The number of carbonyl (C=O) groups is 12. The van der Waals surface area contributed by atoms with Crippen LogP contribution in [0.2, 0.25) is 0 Å². The molecule has 0 radical (unpaired) electrons. The topological polar surface area (TPSA) is 279 Å². The summed E-state index contributed by atoms with van der Waals surface area (Å²) in [5.74, 6) is -12.7. The van der Waals surface area contributed by atoms with Crippen LogP contribution < -0.4 is 16.0 Å². The molecule has 3 saturated heterocycles. The third-order valence-electron chi connectivity index (χ3n) is 21.3. The van der Waals surface area contributed by atoms with Crippen LogP contribution in [-0.2, 0) is 74.9 Å². The Morgan fingerprint density at radius 1 is 0.627 bits per heavy atom. The predicted molar refractivity (Wildman–Crippen MR) is 368 cm³/mol. The van der Waals surface area contributed by atoms with Gasteiger partial charge in [-0.2, -0.15) is 13.2 Å². The van der Waals surface area contributed by atoms with Gasteiger partial charge in [0.2, 0.25) is 70.9 Å². The summed E-state index contributed by atoms with van der Waals surface area (Å²) in [5, 5.41) is 8.33. The SMILES string of the molecule is CCO[C@@H]1C[C@H]2C(=O)NCCCCC(=O)N(C)[C@@H](C3CCCC3)C(=O)N(C)[C@H](C(=O)N3CCCC3)CC(=O)N(C)[C@@H](CC(C)C)C(=O)N[C@@H]([C@@H](C)CC)C(=O)N(C)CC(=O)N(C)CC(=O)N(C)[C@@H](CC3CCCCC3)C(=O)N(C)CC(=O)N[C@@H](CCc3cc(F)c(C(F)(F)F)c(F)c3)C(=O)N2C1. The minimum atomic E-state index is -5.38. The van der Waals surface area contributed by atoms with E-state index < -0.39 is 187 Å². The molecule has 3 heterocycles. The van der Waals surface area contributed by atoms with Crippen molar-refractivity contribution < 1.29 is 84.2 Å². The fraction of sp³-hybridized carbons (Fsp3) is 0.750. The van der Waals surface area contributed by atoms with Gasteiger partial charge in [0.1, 0.15) is 59.5 Å². The molecule has 9 atom stereocenters. The summed E-state index contributed by atoms with van der Waals surface area (Å²) in [7, 11) is 9.82. The van der Waals surface area contributed by atoms with Crippen molar-refractivity contribution in [3.05, 3.63) is 34.9 Å². The number of amides is 12. The lowest BCUT2D eigenvalue weighted by molar-refractivity contribution is -0.154. The van der Waals surface area contributed by atoms with Crippen molar-refractivity contribution in [3.8, 4) is 0 Å². The third kappa shape index (κ3) is 22.3. The molecule has 2 aliphatic carbocycles. The quantitative estimate of drug-likeness (QED) is 0.216. The lowest BCUT2D eigenvalue weighted by Gasteiger charge is -2.39. The molecule has 6 rings (SSSR count). The first-order valence-corrected chi connectivity index (χ1v) is 36.5. The van der Waals surface area contributed by atoms with E-state index in [2.05, 4.69) is 16.0 Å². The molecule has 0 unspecified atom stereocenters. The summed E-state index contributed by atoms with van der Waals surface area (Å²) in [6.45, 7) is 7.90. The maximum absolute atomic E-state index is 15.2. The minimum Gasteiger partial charge on any atom is -0.377 e. The number of halogens is 5. The normalized spacial score (nSPS) is 26.3. The lowest BCUT2D eigenvalue weighted by atomic mass is 9.84. The van der Waals surface area contributed by atoms with E-state index in [1.165, 1.54) is 73.8 Å². The molecule has 12 amide bonds. The first-order chi connectivity index (χ1) is 48.1. The first kappa shape index (κ1) is 83.4. The van der Waals surface area contributed by atoms with Gasteiger partial charge in [-0.3, -0.25) is 57.5 Å². The number of nitrogens with one attached hydrogen (secondary N) is 3. The molecule has 3 N–H and O–H groups in total. The fourth-order valence-corrected chi connectivity index (χ4v) is 14.8. The summed E-state index contributed by atoms with van der Waals surface area (Å²) in [4.78, 5) is 187. The molecule has 5 aliphatic rings. The Balaban J connectivity index is 1.36. The van der Waals surface area contributed by atoms with E-state index in [4.69, 9.17) is 4.74 Å². The zero-order chi connectivity index (χ0) is 75.6. The molecule has 25 nitrogen and oxygen atoms in total. The van der Waals surface area contributed by atoms with Gasteiger partial charge in [0.25, 0.3) is 0 Å². The molecule has 1 aromatic carbocycles. The van der Waals surface area contributed by atoms with Crippen LogP contribution in [0.3, 0.4) is 0 Å². The number of alkyl halides is 3. The Hall–Kier alpha value is -7.53. The van der Waals surface area contributed by atoms with E-state index in [1.54, 1.807) is 18.7 Å². The zero-order valence-electron chi connectivity index (χ0n) is 61.8. The first-order valence-electron chi connectivity index (χ1n) is 36.5. The maximum atomic E-state index is 15.2. The van der Waals surface area contributed by atoms with Crippen molar-refractivity contribution in [2.75, 3.05) is 102 Å². The van der Waals surface area contributed by atoms with Crippen LogP contribution in [0.4, 0.5) is 22.0 Å². The second-order valence-electron chi connectivity index (χ2n) is 29.3. The summed E-state index contributed by atoms with van der Waals surface area (Å²) in [6, 6.07) is -7.88. The Labute approximate surface area is 597 Å². The van der Waals surface area contributed by atoms with Gasteiger partial charge in [-0.25, -0.2) is 8.78 Å². The van der Waals surface area contributed by atoms with Crippen LogP contribution in [-0.4, -0.2) is 265 Å². The monoisotopic (exact) mass is 1450 g/mol.